The highest BCUT2D eigenvalue weighted by Crippen LogP contribution is 2.51. The van der Waals surface area contributed by atoms with Gasteiger partial charge < -0.3 is 14.7 Å². The van der Waals surface area contributed by atoms with Crippen molar-refractivity contribution in [3.8, 4) is 5.75 Å². The van der Waals surface area contributed by atoms with E-state index in [1.54, 1.807) is 6.07 Å². The number of likely N-dealkylation sites (tertiary alicyclic amines) is 1. The third-order valence-electron chi connectivity index (χ3n) is 8.98. The van der Waals surface area contributed by atoms with Crippen LogP contribution in [0.15, 0.2) is 79.4 Å². The van der Waals surface area contributed by atoms with Gasteiger partial charge in [-0.05, 0) is 65.9 Å². The second-order valence-electron chi connectivity index (χ2n) is 12.3. The Morgan fingerprint density at radius 1 is 1.12 bits per heavy atom. The lowest BCUT2D eigenvalue weighted by Crippen LogP contribution is -2.62. The van der Waals surface area contributed by atoms with E-state index in [1.807, 2.05) is 59.5 Å². The van der Waals surface area contributed by atoms with Crippen LogP contribution in [0.1, 0.15) is 56.0 Å². The van der Waals surface area contributed by atoms with Gasteiger partial charge in [-0.25, -0.2) is 0 Å². The van der Waals surface area contributed by atoms with Gasteiger partial charge in [-0.2, -0.15) is 0 Å². The fraction of sp³-hybridized carbons (Fsp3) is 0.429. The number of carbonyl (C=O) groups is 2. The van der Waals surface area contributed by atoms with Crippen LogP contribution in [-0.2, 0) is 14.9 Å². The monoisotopic (exact) mass is 554 g/mol. The molecule has 1 aliphatic carbocycles. The first-order valence-electron chi connectivity index (χ1n) is 14.8. The van der Waals surface area contributed by atoms with E-state index < -0.39 is 0 Å². The largest absolute Gasteiger partial charge is 0.508 e. The zero-order chi connectivity index (χ0) is 29.1. The van der Waals surface area contributed by atoms with E-state index in [1.165, 1.54) is 6.92 Å². The number of nitrogens with zero attached hydrogens (tertiary/aromatic N) is 2. The molecule has 1 unspecified atom stereocenters. The minimum absolute atomic E-state index is 0.00429. The minimum Gasteiger partial charge on any atom is -0.508 e. The number of phenolic OH excluding ortho intramolecular Hbond substituents is 1. The molecule has 0 bridgehead atoms. The van der Waals surface area contributed by atoms with Gasteiger partial charge in [0.15, 0.2) is 0 Å². The maximum atomic E-state index is 14.3. The Kier molecular flexibility index (Phi) is 8.50. The van der Waals surface area contributed by atoms with Gasteiger partial charge in [0.1, 0.15) is 11.9 Å². The van der Waals surface area contributed by atoms with Crippen LogP contribution in [0.25, 0.3) is 10.8 Å². The lowest BCUT2D eigenvalue weighted by molar-refractivity contribution is -0.158. The molecule has 2 aliphatic rings. The van der Waals surface area contributed by atoms with Crippen molar-refractivity contribution in [1.29, 1.82) is 0 Å². The van der Waals surface area contributed by atoms with Crippen LogP contribution in [0, 0.1) is 11.8 Å². The summed E-state index contributed by atoms with van der Waals surface area (Å²) < 4.78 is 6.10. The molecule has 1 saturated heterocycles. The van der Waals surface area contributed by atoms with E-state index in [4.69, 9.17) is 4.74 Å². The first kappa shape index (κ1) is 28.9. The number of hydrogen-bond donors (Lipinski definition) is 1. The average molecular weight is 555 g/mol. The standard InChI is InChI=1S/C35H42N2O4/c1-5-16-36-17-15-35(29-11-8-12-31(39)19-29)21-30(20-33(32(35)23-36)41-25(4)38)37(22-24(2)3)34(40)28-14-13-26-9-6-7-10-27(26)18-28/h5-14,18-19,24,30,32-33,39H,1,15-17,20-23H2,2-4H3/t30-,32+,33?,35+/m1/s1. The molecule has 0 radical (unpaired) electrons. The number of ether oxygens (including phenoxy) is 1. The first-order valence-corrected chi connectivity index (χ1v) is 14.8. The van der Waals surface area contributed by atoms with Gasteiger partial charge in [0.2, 0.25) is 0 Å². The normalized spacial score (nSPS) is 24.5. The van der Waals surface area contributed by atoms with E-state index in [9.17, 15) is 14.7 Å². The number of benzene rings is 3. The van der Waals surface area contributed by atoms with Crippen molar-refractivity contribution in [2.24, 2.45) is 11.8 Å². The van der Waals surface area contributed by atoms with Gasteiger partial charge in [-0.15, -0.1) is 6.58 Å². The summed E-state index contributed by atoms with van der Waals surface area (Å²) in [6.45, 7) is 12.7. The highest BCUT2D eigenvalue weighted by atomic mass is 16.5. The number of esters is 1. The molecule has 4 atom stereocenters. The van der Waals surface area contributed by atoms with E-state index >= 15 is 0 Å². The number of piperidine rings is 1. The van der Waals surface area contributed by atoms with Gasteiger partial charge in [-0.3, -0.25) is 14.5 Å². The first-order chi connectivity index (χ1) is 19.7. The lowest BCUT2D eigenvalue weighted by Gasteiger charge is -2.56. The molecule has 2 fully saturated rings. The molecule has 3 aromatic carbocycles. The van der Waals surface area contributed by atoms with Crippen molar-refractivity contribution >= 4 is 22.6 Å². The summed E-state index contributed by atoms with van der Waals surface area (Å²) in [5, 5.41) is 12.7. The molecule has 1 heterocycles. The molecule has 1 aliphatic heterocycles. The van der Waals surface area contributed by atoms with E-state index in [0.29, 0.717) is 18.5 Å². The van der Waals surface area contributed by atoms with E-state index in [2.05, 4.69) is 37.5 Å². The highest BCUT2D eigenvalue weighted by Gasteiger charge is 2.54. The molecule has 1 amide bonds. The van der Waals surface area contributed by atoms with Crippen LogP contribution < -0.4 is 0 Å². The third kappa shape index (κ3) is 6.03. The quantitative estimate of drug-likeness (QED) is 0.266. The van der Waals surface area contributed by atoms with Crippen molar-refractivity contribution in [3.63, 3.8) is 0 Å². The van der Waals surface area contributed by atoms with Crippen LogP contribution in [0.3, 0.4) is 0 Å². The molecule has 6 heteroatoms. The Bertz CT molecular complexity index is 1420. The zero-order valence-electron chi connectivity index (χ0n) is 24.5. The van der Waals surface area contributed by atoms with Gasteiger partial charge in [-0.1, -0.05) is 62.4 Å². The van der Waals surface area contributed by atoms with Gasteiger partial charge in [0.05, 0.1) is 0 Å². The topological polar surface area (TPSA) is 70.1 Å². The predicted octanol–water partition coefficient (Wildman–Crippen LogP) is 6.18. The van der Waals surface area contributed by atoms with Crippen molar-refractivity contribution < 1.29 is 19.4 Å². The second kappa shape index (κ2) is 12.1. The van der Waals surface area contributed by atoms with Crippen molar-refractivity contribution in [2.75, 3.05) is 26.2 Å². The van der Waals surface area contributed by atoms with Crippen molar-refractivity contribution in [1.82, 2.24) is 9.80 Å². The Labute approximate surface area is 243 Å². The van der Waals surface area contributed by atoms with E-state index in [-0.39, 0.29) is 47.0 Å². The smallest absolute Gasteiger partial charge is 0.302 e. The SMILES string of the molecule is C=CCN1CC[C@@]2(c3cccc(O)c3)C[C@H](N(CC(C)C)C(=O)c3ccc4ccccc4c3)CC(OC(C)=O)[C@@H]2C1. The Morgan fingerprint density at radius 3 is 2.61 bits per heavy atom. The maximum Gasteiger partial charge on any atom is 0.302 e. The summed E-state index contributed by atoms with van der Waals surface area (Å²) in [7, 11) is 0. The summed E-state index contributed by atoms with van der Waals surface area (Å²) >= 11 is 0. The predicted molar refractivity (Wildman–Crippen MR) is 163 cm³/mol. The van der Waals surface area contributed by atoms with Gasteiger partial charge >= 0.3 is 5.97 Å². The number of carbonyl (C=O) groups excluding carboxylic acids is 2. The molecule has 1 N–H and O–H groups in total. The number of hydrogen-bond acceptors (Lipinski definition) is 5. The van der Waals surface area contributed by atoms with Gasteiger partial charge in [0, 0.05) is 55.9 Å². The molecule has 41 heavy (non-hydrogen) atoms. The number of phenols is 1. The number of rotatable bonds is 8. The maximum absolute atomic E-state index is 14.3. The molecule has 1 saturated carbocycles. The number of aromatic hydroxyl groups is 1. The molecule has 6 nitrogen and oxygen atoms in total. The molecule has 0 spiro atoms. The molecule has 216 valence electrons. The summed E-state index contributed by atoms with van der Waals surface area (Å²) in [6, 6.07) is 21.4. The summed E-state index contributed by atoms with van der Waals surface area (Å²) in [5.74, 6) is 0.203. The number of fused-ring (bicyclic) bond motifs is 2. The minimum atomic E-state index is -0.363. The fourth-order valence-corrected chi connectivity index (χ4v) is 7.25. The molecule has 3 aromatic rings. The molecular weight excluding hydrogens is 512 g/mol. The average Bonchev–Trinajstić information content (AvgIpc) is 2.95. The van der Waals surface area contributed by atoms with Crippen LogP contribution in [0.2, 0.25) is 0 Å². The molecule has 5 rings (SSSR count). The van der Waals surface area contributed by atoms with Crippen LogP contribution in [-0.4, -0.2) is 65.1 Å². The molecular formula is C35H42N2O4. The zero-order valence-corrected chi connectivity index (χ0v) is 24.5. The molecule has 0 aromatic heterocycles. The Morgan fingerprint density at radius 2 is 1.90 bits per heavy atom. The second-order valence-corrected chi connectivity index (χ2v) is 12.3. The van der Waals surface area contributed by atoms with Crippen LogP contribution in [0.5, 0.6) is 5.75 Å². The summed E-state index contributed by atoms with van der Waals surface area (Å²) in [4.78, 5) is 31.1. The van der Waals surface area contributed by atoms with Gasteiger partial charge in [0.25, 0.3) is 5.91 Å². The third-order valence-corrected chi connectivity index (χ3v) is 8.98. The summed E-state index contributed by atoms with van der Waals surface area (Å²) in [5.41, 5.74) is 1.35. The Hall–Kier alpha value is -3.64. The summed E-state index contributed by atoms with van der Waals surface area (Å²) in [6.07, 6.45) is 3.72. The van der Waals surface area contributed by atoms with E-state index in [0.717, 1.165) is 48.8 Å². The Balaban J connectivity index is 1.58. The lowest BCUT2D eigenvalue weighted by atomic mass is 9.56. The number of amides is 1. The van der Waals surface area contributed by atoms with Crippen LogP contribution in [0.4, 0.5) is 0 Å². The van der Waals surface area contributed by atoms with Crippen LogP contribution >= 0.6 is 0 Å². The fourth-order valence-electron chi connectivity index (χ4n) is 7.25. The van der Waals surface area contributed by atoms with Crippen molar-refractivity contribution in [3.05, 3.63) is 90.5 Å². The van der Waals surface area contributed by atoms with Crippen molar-refractivity contribution in [2.45, 2.75) is 57.6 Å². The highest BCUT2D eigenvalue weighted by molar-refractivity contribution is 5.98.